The van der Waals surface area contributed by atoms with Gasteiger partial charge in [0, 0.05) is 53.0 Å². The summed E-state index contributed by atoms with van der Waals surface area (Å²) in [5.41, 5.74) is 1.14. The lowest BCUT2D eigenvalue weighted by atomic mass is 10.2. The van der Waals surface area contributed by atoms with E-state index in [-0.39, 0.29) is 5.82 Å². The van der Waals surface area contributed by atoms with Crippen LogP contribution in [0.1, 0.15) is 5.56 Å². The van der Waals surface area contributed by atoms with Crippen LogP contribution >= 0.6 is 0 Å². The van der Waals surface area contributed by atoms with Gasteiger partial charge < -0.3 is 9.80 Å². The predicted molar refractivity (Wildman–Crippen MR) is 90.2 cm³/mol. The maximum atomic E-state index is 13.0. The van der Waals surface area contributed by atoms with Gasteiger partial charge in [-0.1, -0.05) is 12.1 Å². The first kappa shape index (κ1) is 15.7. The molecular formula is C17H22FN5. The minimum atomic E-state index is -0.184. The third kappa shape index (κ3) is 3.96. The Bertz CT molecular complexity index is 636. The fourth-order valence-electron chi connectivity index (χ4n) is 2.69. The first-order valence-electron chi connectivity index (χ1n) is 7.84. The van der Waals surface area contributed by atoms with E-state index >= 15 is 0 Å². The zero-order chi connectivity index (χ0) is 16.2. The third-order valence-electron chi connectivity index (χ3n) is 4.06. The van der Waals surface area contributed by atoms with E-state index in [4.69, 9.17) is 0 Å². The van der Waals surface area contributed by atoms with Crippen molar-refractivity contribution < 1.29 is 4.39 Å². The molecule has 2 aromatic rings. The largest absolute Gasteiger partial charge is 0.363 e. The molecule has 0 unspecified atom stereocenters. The second kappa shape index (κ2) is 6.91. The molecule has 5 nitrogen and oxygen atoms in total. The van der Waals surface area contributed by atoms with E-state index in [1.165, 1.54) is 12.1 Å². The fraction of sp³-hybridized carbons (Fsp3) is 0.412. The Morgan fingerprint density at radius 1 is 1.04 bits per heavy atom. The minimum Gasteiger partial charge on any atom is -0.363 e. The quantitative estimate of drug-likeness (QED) is 0.862. The van der Waals surface area contributed by atoms with E-state index in [0.717, 1.165) is 50.1 Å². The van der Waals surface area contributed by atoms with Crippen molar-refractivity contribution in [2.24, 2.45) is 0 Å². The summed E-state index contributed by atoms with van der Waals surface area (Å²) in [4.78, 5) is 15.6. The molecule has 0 aliphatic carbocycles. The summed E-state index contributed by atoms with van der Waals surface area (Å²) in [5.74, 6) is 1.53. The Morgan fingerprint density at radius 2 is 1.74 bits per heavy atom. The van der Waals surface area contributed by atoms with Gasteiger partial charge in [-0.2, -0.15) is 4.98 Å². The average molecular weight is 315 g/mol. The standard InChI is InChI=1S/C17H22FN5/c1-21(2)16-7-8-19-17(20-16)23-11-9-22(10-12-23)13-14-3-5-15(18)6-4-14/h3-8H,9-13H2,1-2H3. The lowest BCUT2D eigenvalue weighted by molar-refractivity contribution is 0.248. The van der Waals surface area contributed by atoms with Crippen molar-refractivity contribution in [3.63, 3.8) is 0 Å². The number of halogens is 1. The number of rotatable bonds is 4. The van der Waals surface area contributed by atoms with Crippen LogP contribution in [0.3, 0.4) is 0 Å². The molecule has 2 heterocycles. The van der Waals surface area contributed by atoms with Gasteiger partial charge in [0.25, 0.3) is 0 Å². The van der Waals surface area contributed by atoms with Crippen LogP contribution in [0.5, 0.6) is 0 Å². The van der Waals surface area contributed by atoms with E-state index in [9.17, 15) is 4.39 Å². The van der Waals surface area contributed by atoms with Gasteiger partial charge in [0.15, 0.2) is 0 Å². The summed E-state index contributed by atoms with van der Waals surface area (Å²) in [6.07, 6.45) is 1.81. The second-order valence-corrected chi connectivity index (χ2v) is 6.00. The number of nitrogens with zero attached hydrogens (tertiary/aromatic N) is 5. The molecule has 0 spiro atoms. The van der Waals surface area contributed by atoms with Gasteiger partial charge in [-0.3, -0.25) is 4.90 Å². The highest BCUT2D eigenvalue weighted by Crippen LogP contribution is 2.16. The molecular weight excluding hydrogens is 293 g/mol. The zero-order valence-corrected chi connectivity index (χ0v) is 13.6. The normalized spacial score (nSPS) is 15.7. The molecule has 3 rings (SSSR count). The molecule has 23 heavy (non-hydrogen) atoms. The molecule has 1 aliphatic rings. The molecule has 0 radical (unpaired) electrons. The molecule has 1 saturated heterocycles. The number of hydrogen-bond donors (Lipinski definition) is 0. The van der Waals surface area contributed by atoms with E-state index in [1.807, 2.05) is 43.4 Å². The molecule has 0 N–H and O–H groups in total. The first-order valence-corrected chi connectivity index (χ1v) is 7.84. The summed E-state index contributed by atoms with van der Waals surface area (Å²) in [6, 6.07) is 8.66. The Labute approximate surface area is 136 Å². The van der Waals surface area contributed by atoms with Crippen molar-refractivity contribution in [1.82, 2.24) is 14.9 Å². The van der Waals surface area contributed by atoms with Crippen LogP contribution in [0.15, 0.2) is 36.5 Å². The van der Waals surface area contributed by atoms with Gasteiger partial charge in [0.2, 0.25) is 5.95 Å². The van der Waals surface area contributed by atoms with Gasteiger partial charge in [-0.05, 0) is 23.8 Å². The van der Waals surface area contributed by atoms with Crippen molar-refractivity contribution in [3.05, 3.63) is 47.9 Å². The van der Waals surface area contributed by atoms with Gasteiger partial charge >= 0.3 is 0 Å². The SMILES string of the molecule is CN(C)c1ccnc(N2CCN(Cc3ccc(F)cc3)CC2)n1. The smallest absolute Gasteiger partial charge is 0.227 e. The highest BCUT2D eigenvalue weighted by atomic mass is 19.1. The van der Waals surface area contributed by atoms with Crippen molar-refractivity contribution in [2.75, 3.05) is 50.1 Å². The van der Waals surface area contributed by atoms with Crippen molar-refractivity contribution in [3.8, 4) is 0 Å². The fourth-order valence-corrected chi connectivity index (χ4v) is 2.69. The first-order chi connectivity index (χ1) is 11.1. The molecule has 1 aromatic carbocycles. The van der Waals surface area contributed by atoms with Crippen LogP contribution < -0.4 is 9.80 Å². The van der Waals surface area contributed by atoms with Crippen LogP contribution in [0.4, 0.5) is 16.2 Å². The Kier molecular flexibility index (Phi) is 4.71. The molecule has 0 amide bonds. The molecule has 6 heteroatoms. The highest BCUT2D eigenvalue weighted by Gasteiger charge is 2.19. The van der Waals surface area contributed by atoms with Gasteiger partial charge in [0.05, 0.1) is 0 Å². The number of aromatic nitrogens is 2. The lowest BCUT2D eigenvalue weighted by Gasteiger charge is -2.34. The van der Waals surface area contributed by atoms with Crippen molar-refractivity contribution >= 4 is 11.8 Å². The second-order valence-electron chi connectivity index (χ2n) is 6.00. The van der Waals surface area contributed by atoms with E-state index < -0.39 is 0 Å². The van der Waals surface area contributed by atoms with Crippen LogP contribution in [-0.4, -0.2) is 55.1 Å². The summed E-state index contributed by atoms with van der Waals surface area (Å²) in [5, 5.41) is 0. The average Bonchev–Trinajstić information content (AvgIpc) is 2.58. The van der Waals surface area contributed by atoms with Crippen LogP contribution in [0.2, 0.25) is 0 Å². The molecule has 0 atom stereocenters. The molecule has 122 valence electrons. The van der Waals surface area contributed by atoms with Crippen molar-refractivity contribution in [2.45, 2.75) is 6.54 Å². The Balaban J connectivity index is 1.58. The summed E-state index contributed by atoms with van der Waals surface area (Å²) in [7, 11) is 3.96. The molecule has 0 saturated carbocycles. The Hall–Kier alpha value is -2.21. The molecule has 1 aromatic heterocycles. The van der Waals surface area contributed by atoms with Crippen LogP contribution in [-0.2, 0) is 6.54 Å². The van der Waals surface area contributed by atoms with Crippen molar-refractivity contribution in [1.29, 1.82) is 0 Å². The van der Waals surface area contributed by atoms with Crippen LogP contribution in [0, 0.1) is 5.82 Å². The number of piperazine rings is 1. The van der Waals surface area contributed by atoms with Gasteiger partial charge in [-0.15, -0.1) is 0 Å². The van der Waals surface area contributed by atoms with E-state index in [1.54, 1.807) is 0 Å². The topological polar surface area (TPSA) is 35.5 Å². The van der Waals surface area contributed by atoms with Crippen LogP contribution in [0.25, 0.3) is 0 Å². The number of benzene rings is 1. The highest BCUT2D eigenvalue weighted by molar-refractivity contribution is 5.42. The summed E-state index contributed by atoms with van der Waals surface area (Å²) >= 11 is 0. The maximum absolute atomic E-state index is 13.0. The van der Waals surface area contributed by atoms with E-state index in [2.05, 4.69) is 19.8 Å². The monoisotopic (exact) mass is 315 g/mol. The minimum absolute atomic E-state index is 0.184. The van der Waals surface area contributed by atoms with E-state index in [0.29, 0.717) is 0 Å². The van der Waals surface area contributed by atoms with Gasteiger partial charge in [0.1, 0.15) is 11.6 Å². The predicted octanol–water partition coefficient (Wildman–Crippen LogP) is 2.00. The maximum Gasteiger partial charge on any atom is 0.227 e. The molecule has 1 fully saturated rings. The molecule has 1 aliphatic heterocycles. The molecule has 0 bridgehead atoms. The summed E-state index contributed by atoms with van der Waals surface area (Å²) in [6.45, 7) is 4.56. The summed E-state index contributed by atoms with van der Waals surface area (Å²) < 4.78 is 13.0. The number of hydrogen-bond acceptors (Lipinski definition) is 5. The zero-order valence-electron chi connectivity index (χ0n) is 13.6. The third-order valence-corrected chi connectivity index (χ3v) is 4.06. The van der Waals surface area contributed by atoms with Gasteiger partial charge in [-0.25, -0.2) is 9.37 Å². The number of anilines is 2. The Morgan fingerprint density at radius 3 is 2.39 bits per heavy atom. The lowest BCUT2D eigenvalue weighted by Crippen LogP contribution is -2.46.